The summed E-state index contributed by atoms with van der Waals surface area (Å²) in [5.41, 5.74) is 6.77. The van der Waals surface area contributed by atoms with E-state index in [0.29, 0.717) is 17.7 Å². The minimum absolute atomic E-state index is 0.236. The Bertz CT molecular complexity index is 1470. The number of unbranched alkanes of at least 4 members (excludes halogenated alkanes) is 5. The molecule has 2 unspecified atom stereocenters. The molecule has 0 saturated carbocycles. The van der Waals surface area contributed by atoms with Crippen molar-refractivity contribution >= 4 is 40.3 Å². The molecule has 3 rings (SSSR count). The van der Waals surface area contributed by atoms with Crippen LogP contribution in [0.5, 0.6) is 0 Å². The number of anilines is 1. The molecule has 0 aliphatic rings. The Morgan fingerprint density at radius 1 is 0.867 bits per heavy atom. The van der Waals surface area contributed by atoms with Gasteiger partial charge in [0.25, 0.3) is 5.91 Å². The van der Waals surface area contributed by atoms with Crippen LogP contribution in [0.1, 0.15) is 89.8 Å². The number of nitrogens with two attached hydrogens (primary N) is 1. The summed E-state index contributed by atoms with van der Waals surface area (Å²) in [6.45, 7) is 9.38. The van der Waals surface area contributed by atoms with Gasteiger partial charge >= 0.3 is 6.09 Å². The van der Waals surface area contributed by atoms with E-state index in [1.807, 2.05) is 73.7 Å². The molecule has 0 aromatic heterocycles. The van der Waals surface area contributed by atoms with E-state index in [1.54, 1.807) is 20.8 Å². The van der Waals surface area contributed by atoms with E-state index in [9.17, 15) is 19.2 Å². The van der Waals surface area contributed by atoms with Crippen LogP contribution in [-0.2, 0) is 19.1 Å². The molecule has 9 heteroatoms. The largest absolute Gasteiger partial charge is 0.444 e. The third-order valence-electron chi connectivity index (χ3n) is 7.49. The quantitative estimate of drug-likeness (QED) is 0.162. The number of hydrogen-bond acceptors (Lipinski definition) is 5. The molecule has 9 nitrogen and oxygen atoms in total. The lowest BCUT2D eigenvalue weighted by atomic mass is 9.97. The summed E-state index contributed by atoms with van der Waals surface area (Å²) < 4.78 is 5.39. The van der Waals surface area contributed by atoms with Crippen LogP contribution >= 0.6 is 0 Å². The van der Waals surface area contributed by atoms with Crippen molar-refractivity contribution in [1.82, 2.24) is 10.2 Å². The number of carbonyl (C=O) groups excluding carboxylic acids is 4. The number of primary amides is 1. The topological polar surface area (TPSA) is 131 Å². The summed E-state index contributed by atoms with van der Waals surface area (Å²) in [6, 6.07) is 18.5. The number of alkyl carbamates (subject to hydrolysis) is 1. The Kier molecular flexibility index (Phi) is 12.9. The second-order valence-electron chi connectivity index (χ2n) is 12.5. The number of carbonyl (C=O) groups is 4. The minimum atomic E-state index is -1.32. The molecule has 4 N–H and O–H groups in total. The average molecular weight is 617 g/mol. The van der Waals surface area contributed by atoms with Gasteiger partial charge in [-0.2, -0.15) is 0 Å². The summed E-state index contributed by atoms with van der Waals surface area (Å²) >= 11 is 0. The van der Waals surface area contributed by atoms with Crippen LogP contribution in [0.4, 0.5) is 10.5 Å². The lowest BCUT2D eigenvalue weighted by Crippen LogP contribution is -2.53. The van der Waals surface area contributed by atoms with Gasteiger partial charge < -0.3 is 26.0 Å². The van der Waals surface area contributed by atoms with Gasteiger partial charge in [-0.25, -0.2) is 4.79 Å². The number of benzene rings is 3. The van der Waals surface area contributed by atoms with Gasteiger partial charge in [0.1, 0.15) is 17.7 Å². The first-order chi connectivity index (χ1) is 21.4. The number of hydrogen-bond donors (Lipinski definition) is 3. The maximum absolute atomic E-state index is 14.4. The molecule has 3 aromatic rings. The van der Waals surface area contributed by atoms with E-state index in [1.165, 1.54) is 4.90 Å². The first-order valence-corrected chi connectivity index (χ1v) is 15.8. The van der Waals surface area contributed by atoms with E-state index in [-0.39, 0.29) is 6.54 Å². The Labute approximate surface area is 266 Å². The summed E-state index contributed by atoms with van der Waals surface area (Å²) in [5, 5.41) is 7.58. The van der Waals surface area contributed by atoms with Gasteiger partial charge in [-0.3, -0.25) is 14.4 Å². The van der Waals surface area contributed by atoms with Crippen LogP contribution < -0.4 is 16.4 Å². The highest BCUT2D eigenvalue weighted by Crippen LogP contribution is 2.29. The van der Waals surface area contributed by atoms with Crippen LogP contribution in [-0.4, -0.2) is 46.9 Å². The zero-order chi connectivity index (χ0) is 33.0. The van der Waals surface area contributed by atoms with Gasteiger partial charge in [0, 0.05) is 12.2 Å². The Morgan fingerprint density at radius 2 is 1.51 bits per heavy atom. The molecule has 0 aliphatic carbocycles. The van der Waals surface area contributed by atoms with Crippen LogP contribution in [0.2, 0.25) is 0 Å². The highest BCUT2D eigenvalue weighted by molar-refractivity contribution is 6.01. The first-order valence-electron chi connectivity index (χ1n) is 15.8. The zero-order valence-electron chi connectivity index (χ0n) is 27.2. The van der Waals surface area contributed by atoms with Crippen molar-refractivity contribution in [2.45, 2.75) is 97.2 Å². The average Bonchev–Trinajstić information content (AvgIpc) is 2.97. The monoisotopic (exact) mass is 616 g/mol. The molecule has 4 amide bonds. The zero-order valence-corrected chi connectivity index (χ0v) is 27.2. The normalized spacial score (nSPS) is 12.6. The third-order valence-corrected chi connectivity index (χ3v) is 7.49. The fourth-order valence-corrected chi connectivity index (χ4v) is 5.30. The predicted molar refractivity (Wildman–Crippen MR) is 179 cm³/mol. The number of nitrogens with one attached hydrogen (secondary N) is 2. The minimum Gasteiger partial charge on any atom is -0.444 e. The number of rotatable bonds is 15. The van der Waals surface area contributed by atoms with Crippen LogP contribution in [0.25, 0.3) is 10.8 Å². The number of amides is 4. The van der Waals surface area contributed by atoms with Crippen LogP contribution in [0.15, 0.2) is 66.7 Å². The number of ether oxygens (including phenoxy) is 1. The van der Waals surface area contributed by atoms with E-state index < -0.39 is 47.9 Å². The molecule has 2 atom stereocenters. The second kappa shape index (κ2) is 16.6. The van der Waals surface area contributed by atoms with Crippen molar-refractivity contribution < 1.29 is 23.9 Å². The number of nitrogens with zero attached hydrogens (tertiary/aromatic N) is 1. The Balaban J connectivity index is 2.02. The van der Waals surface area contributed by atoms with Crippen LogP contribution in [0.3, 0.4) is 0 Å². The molecule has 3 aromatic carbocycles. The fraction of sp³-hybridized carbons (Fsp3) is 0.444. The highest BCUT2D eigenvalue weighted by atomic mass is 16.6. The van der Waals surface area contributed by atoms with Gasteiger partial charge in [0.15, 0.2) is 0 Å². The predicted octanol–water partition coefficient (Wildman–Crippen LogP) is 6.79. The Hall–Kier alpha value is -4.40. The van der Waals surface area contributed by atoms with Crippen LogP contribution in [0, 0.1) is 6.92 Å². The van der Waals surface area contributed by atoms with Gasteiger partial charge in [-0.05, 0) is 68.1 Å². The first kappa shape index (κ1) is 35.1. The standard InChI is InChI=1S/C36H48N4O5/c1-6-7-8-9-10-15-22-40(34(43)30(24-31(37)41)39-35(44)45-36(3,4)5)32(29-19-14-11-16-25(29)2)33(42)38-28-21-20-26-17-12-13-18-27(26)23-28/h11-14,16-21,23,30,32H,6-10,15,22,24H2,1-5H3,(H2,37,41)(H,38,42)(H,39,44). The Morgan fingerprint density at radius 3 is 2.18 bits per heavy atom. The van der Waals surface area contributed by atoms with Gasteiger partial charge in [0.05, 0.1) is 6.42 Å². The molecule has 0 aliphatic heterocycles. The van der Waals surface area contributed by atoms with E-state index in [4.69, 9.17) is 10.5 Å². The second-order valence-corrected chi connectivity index (χ2v) is 12.5. The van der Waals surface area contributed by atoms with E-state index in [2.05, 4.69) is 17.6 Å². The molecule has 0 bridgehead atoms. The smallest absolute Gasteiger partial charge is 0.408 e. The van der Waals surface area contributed by atoms with Crippen molar-refractivity contribution in [3.8, 4) is 0 Å². The molecular formula is C36H48N4O5. The molecule has 0 fully saturated rings. The summed E-state index contributed by atoms with van der Waals surface area (Å²) in [4.78, 5) is 55.0. The van der Waals surface area contributed by atoms with Crippen molar-refractivity contribution in [3.63, 3.8) is 0 Å². The van der Waals surface area contributed by atoms with Gasteiger partial charge in [-0.15, -0.1) is 0 Å². The highest BCUT2D eigenvalue weighted by Gasteiger charge is 2.37. The summed E-state index contributed by atoms with van der Waals surface area (Å²) in [6.07, 6.45) is 4.51. The van der Waals surface area contributed by atoms with Crippen molar-refractivity contribution in [2.24, 2.45) is 5.73 Å². The third kappa shape index (κ3) is 10.9. The van der Waals surface area contributed by atoms with E-state index >= 15 is 0 Å². The lowest BCUT2D eigenvalue weighted by molar-refractivity contribution is -0.142. The molecule has 0 heterocycles. The lowest BCUT2D eigenvalue weighted by Gasteiger charge is -2.35. The SMILES string of the molecule is CCCCCCCCN(C(=O)C(CC(N)=O)NC(=O)OC(C)(C)C)C(C(=O)Nc1ccc2ccccc2c1)c1ccccc1C. The molecule has 242 valence electrons. The van der Waals surface area contributed by atoms with Gasteiger partial charge in [-0.1, -0.05) is 93.6 Å². The fourth-order valence-electron chi connectivity index (χ4n) is 5.30. The molecule has 45 heavy (non-hydrogen) atoms. The molecular weight excluding hydrogens is 568 g/mol. The molecule has 0 spiro atoms. The number of fused-ring (bicyclic) bond motifs is 1. The maximum Gasteiger partial charge on any atom is 0.408 e. The van der Waals surface area contributed by atoms with Gasteiger partial charge in [0.2, 0.25) is 11.8 Å². The molecule has 0 radical (unpaired) electrons. The number of aryl methyl sites for hydroxylation is 1. The summed E-state index contributed by atoms with van der Waals surface area (Å²) in [5.74, 6) is -1.76. The van der Waals surface area contributed by atoms with Crippen molar-refractivity contribution in [1.29, 1.82) is 0 Å². The molecule has 0 saturated heterocycles. The summed E-state index contributed by atoms with van der Waals surface area (Å²) in [7, 11) is 0. The van der Waals surface area contributed by atoms with Crippen molar-refractivity contribution in [2.75, 3.05) is 11.9 Å². The van der Waals surface area contributed by atoms with Crippen molar-refractivity contribution in [3.05, 3.63) is 77.9 Å². The maximum atomic E-state index is 14.4. The van der Waals surface area contributed by atoms with E-state index in [0.717, 1.165) is 48.4 Å².